The van der Waals surface area contributed by atoms with Crippen LogP contribution in [-0.2, 0) is 6.42 Å². The van der Waals surface area contributed by atoms with E-state index in [0.717, 1.165) is 17.9 Å². The predicted octanol–water partition coefficient (Wildman–Crippen LogP) is 3.87. The topological polar surface area (TPSA) is 17.1 Å². The molecule has 82 valence electrons. The van der Waals surface area contributed by atoms with Crippen molar-refractivity contribution in [3.8, 4) is 0 Å². The molecule has 0 heterocycles. The zero-order chi connectivity index (χ0) is 11.3. The highest BCUT2D eigenvalue weighted by atomic mass is 16.1. The molecule has 1 heteroatoms. The van der Waals surface area contributed by atoms with Gasteiger partial charge in [0.15, 0.2) is 5.78 Å². The molecule has 0 aliphatic heterocycles. The minimum Gasteiger partial charge on any atom is -0.295 e. The molecule has 1 atom stereocenters. The Morgan fingerprint density at radius 3 is 2.33 bits per heavy atom. The molecular weight excluding hydrogens is 184 g/mol. The molecule has 1 unspecified atom stereocenters. The van der Waals surface area contributed by atoms with Gasteiger partial charge in [-0.15, -0.1) is 0 Å². The Morgan fingerprint density at radius 2 is 1.87 bits per heavy atom. The number of ketones is 1. The van der Waals surface area contributed by atoms with Gasteiger partial charge in [-0.2, -0.15) is 0 Å². The van der Waals surface area contributed by atoms with Gasteiger partial charge in [-0.1, -0.05) is 51.0 Å². The summed E-state index contributed by atoms with van der Waals surface area (Å²) < 4.78 is 0. The third-order valence-corrected chi connectivity index (χ3v) is 2.73. The zero-order valence-corrected chi connectivity index (χ0v) is 9.92. The average molecular weight is 204 g/mol. The van der Waals surface area contributed by atoms with Gasteiger partial charge in [0.25, 0.3) is 0 Å². The summed E-state index contributed by atoms with van der Waals surface area (Å²) in [7, 11) is 0. The maximum absolute atomic E-state index is 11.1. The van der Waals surface area contributed by atoms with Crippen LogP contribution >= 0.6 is 0 Å². The van der Waals surface area contributed by atoms with E-state index in [4.69, 9.17) is 0 Å². The lowest BCUT2D eigenvalue weighted by molar-refractivity contribution is 0.101. The van der Waals surface area contributed by atoms with E-state index in [-0.39, 0.29) is 5.78 Å². The first kappa shape index (κ1) is 12.0. The molecule has 0 aliphatic rings. The number of rotatable bonds is 5. The van der Waals surface area contributed by atoms with E-state index in [1.54, 1.807) is 6.92 Å². The molecule has 0 saturated carbocycles. The number of hydrogen-bond acceptors (Lipinski definition) is 1. The Morgan fingerprint density at radius 1 is 1.27 bits per heavy atom. The Kier molecular flexibility index (Phi) is 4.54. The fourth-order valence-corrected chi connectivity index (χ4v) is 1.87. The van der Waals surface area contributed by atoms with E-state index in [1.165, 1.54) is 18.4 Å². The van der Waals surface area contributed by atoms with Crippen LogP contribution < -0.4 is 0 Å². The Balaban J connectivity index is 2.60. The van der Waals surface area contributed by atoms with E-state index < -0.39 is 0 Å². The number of carbonyl (C=O) groups excluding carboxylic acids is 1. The third-order valence-electron chi connectivity index (χ3n) is 2.73. The van der Waals surface area contributed by atoms with Crippen molar-refractivity contribution in [1.29, 1.82) is 0 Å². The molecule has 0 radical (unpaired) electrons. The molecule has 0 saturated heterocycles. The van der Waals surface area contributed by atoms with Gasteiger partial charge < -0.3 is 0 Å². The number of hydrogen-bond donors (Lipinski definition) is 0. The number of carbonyl (C=O) groups is 1. The van der Waals surface area contributed by atoms with Crippen molar-refractivity contribution >= 4 is 5.78 Å². The fraction of sp³-hybridized carbons (Fsp3) is 0.500. The predicted molar refractivity (Wildman–Crippen MR) is 64.2 cm³/mol. The summed E-state index contributed by atoms with van der Waals surface area (Å²) in [6, 6.07) is 8.00. The van der Waals surface area contributed by atoms with Gasteiger partial charge in [-0.3, -0.25) is 4.79 Å². The highest BCUT2D eigenvalue weighted by molar-refractivity contribution is 5.93. The van der Waals surface area contributed by atoms with Gasteiger partial charge in [0, 0.05) is 5.56 Å². The second kappa shape index (κ2) is 5.69. The maximum atomic E-state index is 11.1. The van der Waals surface area contributed by atoms with Crippen LogP contribution in [0.2, 0.25) is 0 Å². The van der Waals surface area contributed by atoms with Crippen LogP contribution in [0.1, 0.15) is 49.5 Å². The van der Waals surface area contributed by atoms with Crippen molar-refractivity contribution in [3.63, 3.8) is 0 Å². The molecule has 1 rings (SSSR count). The monoisotopic (exact) mass is 204 g/mol. The molecule has 0 spiro atoms. The smallest absolute Gasteiger partial charge is 0.159 e. The van der Waals surface area contributed by atoms with Gasteiger partial charge >= 0.3 is 0 Å². The van der Waals surface area contributed by atoms with E-state index >= 15 is 0 Å². The minimum absolute atomic E-state index is 0.142. The zero-order valence-electron chi connectivity index (χ0n) is 9.92. The average Bonchev–Trinajstić information content (AvgIpc) is 2.18. The van der Waals surface area contributed by atoms with Gasteiger partial charge in [0.2, 0.25) is 0 Å². The summed E-state index contributed by atoms with van der Waals surface area (Å²) in [6.45, 7) is 6.10. The molecule has 0 bridgehead atoms. The molecule has 1 aromatic rings. The highest BCUT2D eigenvalue weighted by Crippen LogP contribution is 2.14. The van der Waals surface area contributed by atoms with Crippen molar-refractivity contribution in [1.82, 2.24) is 0 Å². The molecule has 0 aromatic heterocycles. The second-order valence-electron chi connectivity index (χ2n) is 4.35. The van der Waals surface area contributed by atoms with Crippen molar-refractivity contribution in [2.24, 2.45) is 5.92 Å². The second-order valence-corrected chi connectivity index (χ2v) is 4.35. The van der Waals surface area contributed by atoms with E-state index in [0.29, 0.717) is 0 Å². The van der Waals surface area contributed by atoms with Crippen LogP contribution in [0, 0.1) is 5.92 Å². The van der Waals surface area contributed by atoms with Crippen LogP contribution in [0.25, 0.3) is 0 Å². The van der Waals surface area contributed by atoms with Crippen LogP contribution in [0.5, 0.6) is 0 Å². The molecular formula is C14H20O. The normalized spacial score (nSPS) is 12.5. The van der Waals surface area contributed by atoms with Crippen LogP contribution in [0.3, 0.4) is 0 Å². The quantitative estimate of drug-likeness (QED) is 0.665. The van der Waals surface area contributed by atoms with E-state index in [2.05, 4.69) is 26.0 Å². The molecule has 0 fully saturated rings. The van der Waals surface area contributed by atoms with Gasteiger partial charge in [0.05, 0.1) is 0 Å². The SMILES string of the molecule is CCCC(C)Cc1ccc(C(C)=O)cc1. The molecule has 15 heavy (non-hydrogen) atoms. The highest BCUT2D eigenvalue weighted by Gasteiger charge is 2.03. The van der Waals surface area contributed by atoms with Crippen molar-refractivity contribution in [3.05, 3.63) is 35.4 Å². The Labute approximate surface area is 92.5 Å². The summed E-state index contributed by atoms with van der Waals surface area (Å²) in [5.41, 5.74) is 2.14. The number of Topliss-reactive ketones (excluding diaryl/α,β-unsaturated/α-hetero) is 1. The molecule has 1 nitrogen and oxygen atoms in total. The van der Waals surface area contributed by atoms with Crippen molar-refractivity contribution < 1.29 is 4.79 Å². The summed E-state index contributed by atoms with van der Waals surface area (Å²) in [5.74, 6) is 0.876. The lowest BCUT2D eigenvalue weighted by atomic mass is 9.96. The lowest BCUT2D eigenvalue weighted by Crippen LogP contribution is -2.00. The summed E-state index contributed by atoms with van der Waals surface area (Å²) in [6.07, 6.45) is 3.63. The Bertz CT molecular complexity index is 311. The van der Waals surface area contributed by atoms with Crippen LogP contribution in [0.15, 0.2) is 24.3 Å². The van der Waals surface area contributed by atoms with Gasteiger partial charge in [-0.05, 0) is 24.8 Å². The lowest BCUT2D eigenvalue weighted by Gasteiger charge is -2.09. The van der Waals surface area contributed by atoms with Gasteiger partial charge in [0.1, 0.15) is 0 Å². The molecule has 0 aliphatic carbocycles. The first-order valence-electron chi connectivity index (χ1n) is 5.73. The first-order chi connectivity index (χ1) is 7.13. The van der Waals surface area contributed by atoms with Crippen molar-refractivity contribution in [2.45, 2.75) is 40.0 Å². The van der Waals surface area contributed by atoms with Crippen LogP contribution in [0.4, 0.5) is 0 Å². The first-order valence-corrected chi connectivity index (χ1v) is 5.73. The molecule has 1 aromatic carbocycles. The molecule has 0 amide bonds. The summed E-state index contributed by atoms with van der Waals surface area (Å²) >= 11 is 0. The maximum Gasteiger partial charge on any atom is 0.159 e. The largest absolute Gasteiger partial charge is 0.295 e. The fourth-order valence-electron chi connectivity index (χ4n) is 1.87. The minimum atomic E-state index is 0.142. The van der Waals surface area contributed by atoms with E-state index in [9.17, 15) is 4.79 Å². The Hall–Kier alpha value is -1.11. The standard InChI is InChI=1S/C14H20O/c1-4-5-11(2)10-13-6-8-14(9-7-13)12(3)15/h6-9,11H,4-5,10H2,1-3H3. The van der Waals surface area contributed by atoms with Crippen molar-refractivity contribution in [2.75, 3.05) is 0 Å². The molecule has 0 N–H and O–H groups in total. The third kappa shape index (κ3) is 3.86. The van der Waals surface area contributed by atoms with E-state index in [1.807, 2.05) is 12.1 Å². The number of benzene rings is 1. The summed E-state index contributed by atoms with van der Waals surface area (Å²) in [5, 5.41) is 0. The van der Waals surface area contributed by atoms with Gasteiger partial charge in [-0.25, -0.2) is 0 Å². The van der Waals surface area contributed by atoms with Crippen LogP contribution in [-0.4, -0.2) is 5.78 Å². The summed E-state index contributed by atoms with van der Waals surface area (Å²) in [4.78, 5) is 11.1.